The second-order valence-electron chi connectivity index (χ2n) is 2.81. The summed E-state index contributed by atoms with van der Waals surface area (Å²) in [5.41, 5.74) is 0.211. The molecule has 1 N–H and O–H groups in total. The topological polar surface area (TPSA) is 12.0 Å². The molecule has 0 fully saturated rings. The van der Waals surface area contributed by atoms with Gasteiger partial charge in [0, 0.05) is 4.47 Å². The van der Waals surface area contributed by atoms with Crippen LogP contribution in [0.15, 0.2) is 28.7 Å². The van der Waals surface area contributed by atoms with E-state index in [1.165, 1.54) is 19.2 Å². The van der Waals surface area contributed by atoms with Gasteiger partial charge in [0.1, 0.15) is 6.04 Å². The van der Waals surface area contributed by atoms with E-state index in [0.29, 0.717) is 0 Å². The molecule has 0 amide bonds. The summed E-state index contributed by atoms with van der Waals surface area (Å²) in [4.78, 5) is 0. The van der Waals surface area contributed by atoms with E-state index in [0.717, 1.165) is 4.47 Å². The smallest absolute Gasteiger partial charge is 0.306 e. The van der Waals surface area contributed by atoms with Crippen LogP contribution < -0.4 is 5.32 Å². The molecule has 0 aliphatic rings. The number of halogens is 5. The highest BCUT2D eigenvalue weighted by Gasteiger charge is 2.39. The molecule has 1 aromatic rings. The van der Waals surface area contributed by atoms with Crippen LogP contribution in [0.25, 0.3) is 0 Å². The van der Waals surface area contributed by atoms with Gasteiger partial charge in [-0.25, -0.2) is 0 Å². The van der Waals surface area contributed by atoms with Crippen molar-refractivity contribution in [3.8, 4) is 0 Å². The van der Waals surface area contributed by atoms with Gasteiger partial charge >= 0.3 is 6.18 Å². The predicted octanol–water partition coefficient (Wildman–Crippen LogP) is 3.69. The molecule has 1 atom stereocenters. The Balaban J connectivity index is 0.00000196. The zero-order valence-electron chi connectivity index (χ0n) is 7.81. The molecule has 0 radical (unpaired) electrons. The van der Waals surface area contributed by atoms with E-state index in [2.05, 4.69) is 21.2 Å². The summed E-state index contributed by atoms with van der Waals surface area (Å²) in [7, 11) is 1.29. The largest absolute Gasteiger partial charge is 0.407 e. The third-order valence-electron chi connectivity index (χ3n) is 1.82. The first-order valence-electron chi connectivity index (χ1n) is 3.94. The third kappa shape index (κ3) is 4.01. The van der Waals surface area contributed by atoms with Crippen LogP contribution in [0.1, 0.15) is 11.6 Å². The van der Waals surface area contributed by atoms with Gasteiger partial charge in [-0.2, -0.15) is 13.2 Å². The highest BCUT2D eigenvalue weighted by atomic mass is 79.9. The average molecular weight is 305 g/mol. The van der Waals surface area contributed by atoms with E-state index in [1.54, 1.807) is 12.1 Å². The Morgan fingerprint density at radius 1 is 1.20 bits per heavy atom. The molecule has 0 aliphatic heterocycles. The first kappa shape index (κ1) is 14.7. The summed E-state index contributed by atoms with van der Waals surface area (Å²) < 4.78 is 38.1. The first-order valence-corrected chi connectivity index (χ1v) is 4.74. The molecule has 0 saturated heterocycles. The van der Waals surface area contributed by atoms with Crippen molar-refractivity contribution < 1.29 is 13.2 Å². The quantitative estimate of drug-likeness (QED) is 0.878. The van der Waals surface area contributed by atoms with Gasteiger partial charge in [-0.15, -0.1) is 12.4 Å². The van der Waals surface area contributed by atoms with E-state index in [4.69, 9.17) is 0 Å². The normalized spacial score (nSPS) is 13.1. The van der Waals surface area contributed by atoms with Gasteiger partial charge in [-0.3, -0.25) is 0 Å². The summed E-state index contributed by atoms with van der Waals surface area (Å²) in [5, 5.41) is 2.24. The van der Waals surface area contributed by atoms with Gasteiger partial charge in [0.05, 0.1) is 0 Å². The molecule has 1 rings (SSSR count). The lowest BCUT2D eigenvalue weighted by Crippen LogP contribution is -2.31. The van der Waals surface area contributed by atoms with Crippen molar-refractivity contribution in [1.29, 1.82) is 0 Å². The minimum Gasteiger partial charge on any atom is -0.306 e. The van der Waals surface area contributed by atoms with Crippen molar-refractivity contribution >= 4 is 28.3 Å². The molecular weight excluding hydrogens is 294 g/mol. The van der Waals surface area contributed by atoms with Crippen molar-refractivity contribution in [2.45, 2.75) is 12.2 Å². The van der Waals surface area contributed by atoms with Crippen LogP contribution in [-0.4, -0.2) is 13.2 Å². The SMILES string of the molecule is CNC(c1ccc(Br)cc1)C(F)(F)F.Cl. The third-order valence-corrected chi connectivity index (χ3v) is 2.35. The fraction of sp³-hybridized carbons (Fsp3) is 0.333. The summed E-state index contributed by atoms with van der Waals surface area (Å²) in [6.07, 6.45) is -4.26. The second-order valence-corrected chi connectivity index (χ2v) is 3.73. The lowest BCUT2D eigenvalue weighted by Gasteiger charge is -2.19. The summed E-state index contributed by atoms with van der Waals surface area (Å²) >= 11 is 3.17. The number of alkyl halides is 3. The molecule has 0 heterocycles. The van der Waals surface area contributed by atoms with Crippen LogP contribution in [0.5, 0.6) is 0 Å². The number of rotatable bonds is 2. The Morgan fingerprint density at radius 3 is 2.00 bits per heavy atom. The van der Waals surface area contributed by atoms with Crippen molar-refractivity contribution in [2.75, 3.05) is 7.05 Å². The summed E-state index contributed by atoms with van der Waals surface area (Å²) in [5.74, 6) is 0. The molecule has 0 bridgehead atoms. The zero-order chi connectivity index (χ0) is 10.8. The minimum absolute atomic E-state index is 0. The molecule has 0 saturated carbocycles. The number of benzene rings is 1. The van der Waals surface area contributed by atoms with E-state index in [-0.39, 0.29) is 18.0 Å². The van der Waals surface area contributed by atoms with Crippen molar-refractivity contribution in [3.63, 3.8) is 0 Å². The lowest BCUT2D eigenvalue weighted by atomic mass is 10.1. The van der Waals surface area contributed by atoms with E-state index in [9.17, 15) is 13.2 Å². The van der Waals surface area contributed by atoms with Gasteiger partial charge in [0.2, 0.25) is 0 Å². The number of hydrogen-bond donors (Lipinski definition) is 1. The molecule has 1 nitrogen and oxygen atoms in total. The fourth-order valence-corrected chi connectivity index (χ4v) is 1.44. The molecule has 0 aliphatic carbocycles. The Morgan fingerprint density at radius 2 is 1.67 bits per heavy atom. The first-order chi connectivity index (χ1) is 6.45. The molecule has 15 heavy (non-hydrogen) atoms. The van der Waals surface area contributed by atoms with Crippen LogP contribution in [0.3, 0.4) is 0 Å². The summed E-state index contributed by atoms with van der Waals surface area (Å²) in [6.45, 7) is 0. The van der Waals surface area contributed by atoms with E-state index < -0.39 is 12.2 Å². The molecule has 86 valence electrons. The van der Waals surface area contributed by atoms with Crippen LogP contribution in [0.4, 0.5) is 13.2 Å². The maximum Gasteiger partial charge on any atom is 0.407 e. The van der Waals surface area contributed by atoms with Crippen molar-refractivity contribution in [3.05, 3.63) is 34.3 Å². The van der Waals surface area contributed by atoms with Crippen LogP contribution in [0, 0.1) is 0 Å². The van der Waals surface area contributed by atoms with Gasteiger partial charge < -0.3 is 5.32 Å². The van der Waals surface area contributed by atoms with E-state index >= 15 is 0 Å². The van der Waals surface area contributed by atoms with E-state index in [1.807, 2.05) is 0 Å². The molecule has 6 heteroatoms. The Kier molecular flexibility index (Phi) is 5.62. The van der Waals surface area contributed by atoms with Crippen LogP contribution in [0.2, 0.25) is 0 Å². The Bertz CT molecular complexity index is 299. The molecule has 1 unspecified atom stereocenters. The maximum absolute atomic E-state index is 12.4. The van der Waals surface area contributed by atoms with Gasteiger partial charge in [0.15, 0.2) is 0 Å². The van der Waals surface area contributed by atoms with Gasteiger partial charge in [0.25, 0.3) is 0 Å². The second kappa shape index (κ2) is 5.72. The maximum atomic E-state index is 12.4. The zero-order valence-corrected chi connectivity index (χ0v) is 10.2. The Hall–Kier alpha value is -0.260. The predicted molar refractivity (Wildman–Crippen MR) is 59.2 cm³/mol. The standard InChI is InChI=1S/C9H9BrF3N.ClH/c1-14-8(9(11,12)13)6-2-4-7(10)5-3-6;/h2-5,8,14H,1H3;1H. The van der Waals surface area contributed by atoms with Gasteiger partial charge in [-0.05, 0) is 24.7 Å². The van der Waals surface area contributed by atoms with Crippen LogP contribution in [-0.2, 0) is 0 Å². The van der Waals surface area contributed by atoms with Crippen molar-refractivity contribution in [2.24, 2.45) is 0 Å². The molecule has 1 aromatic carbocycles. The molecule has 0 aromatic heterocycles. The molecule has 0 spiro atoms. The number of nitrogens with one attached hydrogen (secondary N) is 1. The monoisotopic (exact) mass is 303 g/mol. The van der Waals surface area contributed by atoms with Gasteiger partial charge in [-0.1, -0.05) is 28.1 Å². The highest BCUT2D eigenvalue weighted by molar-refractivity contribution is 9.10. The fourth-order valence-electron chi connectivity index (χ4n) is 1.17. The molecular formula is C9H10BrClF3N. The number of hydrogen-bond acceptors (Lipinski definition) is 1. The van der Waals surface area contributed by atoms with Crippen molar-refractivity contribution in [1.82, 2.24) is 5.32 Å². The highest BCUT2D eigenvalue weighted by Crippen LogP contribution is 2.32. The lowest BCUT2D eigenvalue weighted by molar-refractivity contribution is -0.156. The minimum atomic E-state index is -4.26. The Labute approximate surface area is 101 Å². The summed E-state index contributed by atoms with van der Waals surface area (Å²) in [6, 6.07) is 4.46. The average Bonchev–Trinajstić information content (AvgIpc) is 2.07. The van der Waals surface area contributed by atoms with Crippen LogP contribution >= 0.6 is 28.3 Å².